The number of carboxylic acid groups (broad SMARTS) is 1. The number of carboxylic acids is 1. The Balaban J connectivity index is 3.95. The summed E-state index contributed by atoms with van der Waals surface area (Å²) in [4.78, 5) is 14.3. The summed E-state index contributed by atoms with van der Waals surface area (Å²) in [5.41, 5.74) is 0. The second kappa shape index (κ2) is 8.16. The van der Waals surface area contributed by atoms with E-state index in [1.165, 1.54) is 7.05 Å². The van der Waals surface area contributed by atoms with Gasteiger partial charge in [0.05, 0.1) is 12.2 Å². The van der Waals surface area contributed by atoms with Crippen molar-refractivity contribution in [2.75, 3.05) is 18.6 Å². The van der Waals surface area contributed by atoms with Crippen LogP contribution in [0.15, 0.2) is 4.99 Å². The number of hydrogen-bond donors (Lipinski definition) is 4. The van der Waals surface area contributed by atoms with E-state index in [9.17, 15) is 13.2 Å². The molecule has 0 spiro atoms. The van der Waals surface area contributed by atoms with E-state index in [4.69, 9.17) is 9.66 Å². The molecule has 0 aromatic heterocycles. The van der Waals surface area contributed by atoms with E-state index >= 15 is 0 Å². The van der Waals surface area contributed by atoms with E-state index < -0.39 is 16.1 Å². The number of carbonyl (C=O) groups is 1. The standard InChI is InChI=1S/C8H17N3O5S2/c1-6(5-7(12)13)10-8(9-2)11-17-3-4-18(14,15)16/h6H,3-5H2,1-2H3,(H,12,13)(H2,9,10,11)(H,14,15,16). The number of aliphatic imine (C=N–C) groups is 1. The van der Waals surface area contributed by atoms with Gasteiger partial charge in [0.15, 0.2) is 0 Å². The van der Waals surface area contributed by atoms with Crippen LogP contribution in [-0.4, -0.2) is 54.6 Å². The molecule has 0 aliphatic carbocycles. The second-order valence-corrected chi connectivity index (χ2v) is 5.93. The van der Waals surface area contributed by atoms with Crippen LogP contribution < -0.4 is 10.0 Å². The van der Waals surface area contributed by atoms with Crippen LogP contribution in [0.1, 0.15) is 13.3 Å². The SMILES string of the molecule is CN=C(NSCCS(=O)(=O)O)NC(C)CC(=O)O. The van der Waals surface area contributed by atoms with Gasteiger partial charge in [-0.25, -0.2) is 0 Å². The lowest BCUT2D eigenvalue weighted by Crippen LogP contribution is -2.40. The zero-order valence-electron chi connectivity index (χ0n) is 10.1. The molecular weight excluding hydrogens is 282 g/mol. The molecule has 106 valence electrons. The molecule has 18 heavy (non-hydrogen) atoms. The average molecular weight is 299 g/mol. The highest BCUT2D eigenvalue weighted by atomic mass is 32.2. The van der Waals surface area contributed by atoms with Crippen molar-refractivity contribution in [2.45, 2.75) is 19.4 Å². The van der Waals surface area contributed by atoms with Gasteiger partial charge in [0, 0.05) is 18.8 Å². The maximum Gasteiger partial charge on any atom is 0.305 e. The lowest BCUT2D eigenvalue weighted by atomic mass is 10.2. The van der Waals surface area contributed by atoms with Crippen LogP contribution in [0.3, 0.4) is 0 Å². The van der Waals surface area contributed by atoms with Crippen molar-refractivity contribution < 1.29 is 22.9 Å². The fraction of sp³-hybridized carbons (Fsp3) is 0.750. The highest BCUT2D eigenvalue weighted by Crippen LogP contribution is 1.97. The normalized spacial score (nSPS) is 14.1. The molecule has 0 bridgehead atoms. The van der Waals surface area contributed by atoms with E-state index in [0.717, 1.165) is 11.9 Å². The van der Waals surface area contributed by atoms with Gasteiger partial charge in [0.25, 0.3) is 10.1 Å². The van der Waals surface area contributed by atoms with Crippen LogP contribution in [0.2, 0.25) is 0 Å². The van der Waals surface area contributed by atoms with Gasteiger partial charge in [0.2, 0.25) is 5.96 Å². The van der Waals surface area contributed by atoms with Crippen molar-refractivity contribution in [1.29, 1.82) is 0 Å². The number of nitrogens with one attached hydrogen (secondary N) is 2. The molecule has 0 aliphatic rings. The molecule has 0 aromatic rings. The Labute approximate surface area is 110 Å². The Morgan fingerprint density at radius 2 is 2.11 bits per heavy atom. The Bertz CT molecular complexity index is 396. The topological polar surface area (TPSA) is 128 Å². The molecule has 0 amide bonds. The lowest BCUT2D eigenvalue weighted by molar-refractivity contribution is -0.137. The summed E-state index contributed by atoms with van der Waals surface area (Å²) in [6.45, 7) is 1.68. The minimum absolute atomic E-state index is 0.0591. The predicted molar refractivity (Wildman–Crippen MR) is 70.2 cm³/mol. The quantitative estimate of drug-likeness (QED) is 0.164. The van der Waals surface area contributed by atoms with Crippen molar-refractivity contribution in [3.8, 4) is 0 Å². The summed E-state index contributed by atoms with van der Waals surface area (Å²) in [5, 5.41) is 11.4. The Morgan fingerprint density at radius 1 is 1.50 bits per heavy atom. The van der Waals surface area contributed by atoms with E-state index in [1.807, 2.05) is 0 Å². The maximum absolute atomic E-state index is 10.5. The maximum atomic E-state index is 10.5. The number of nitrogens with zero attached hydrogens (tertiary/aromatic N) is 1. The molecule has 0 saturated heterocycles. The fourth-order valence-corrected chi connectivity index (χ4v) is 2.52. The van der Waals surface area contributed by atoms with Crippen molar-refractivity contribution in [2.24, 2.45) is 4.99 Å². The molecule has 8 nitrogen and oxygen atoms in total. The number of guanidine groups is 1. The minimum Gasteiger partial charge on any atom is -0.481 e. The fourth-order valence-electron chi connectivity index (χ4n) is 0.952. The van der Waals surface area contributed by atoms with Gasteiger partial charge in [-0.15, -0.1) is 0 Å². The molecule has 0 heterocycles. The lowest BCUT2D eigenvalue weighted by Gasteiger charge is -2.15. The molecule has 0 fully saturated rings. The number of rotatable bonds is 7. The summed E-state index contributed by atoms with van der Waals surface area (Å²) in [6, 6.07) is -0.309. The molecule has 0 rings (SSSR count). The largest absolute Gasteiger partial charge is 0.481 e. The van der Waals surface area contributed by atoms with E-state index in [0.29, 0.717) is 5.96 Å². The van der Waals surface area contributed by atoms with Gasteiger partial charge in [-0.3, -0.25) is 14.3 Å². The third-order valence-corrected chi connectivity index (χ3v) is 3.42. The highest BCUT2D eigenvalue weighted by Gasteiger charge is 2.10. The third kappa shape index (κ3) is 10.2. The van der Waals surface area contributed by atoms with Crippen LogP contribution in [0, 0.1) is 0 Å². The molecule has 10 heteroatoms. The number of hydrogen-bond acceptors (Lipinski definition) is 5. The smallest absolute Gasteiger partial charge is 0.305 e. The summed E-state index contributed by atoms with van der Waals surface area (Å²) in [5.74, 6) is -0.798. The Morgan fingerprint density at radius 3 is 2.56 bits per heavy atom. The molecule has 0 saturated carbocycles. The van der Waals surface area contributed by atoms with Crippen LogP contribution in [0.5, 0.6) is 0 Å². The van der Waals surface area contributed by atoms with E-state index in [-0.39, 0.29) is 24.0 Å². The van der Waals surface area contributed by atoms with Gasteiger partial charge in [0.1, 0.15) is 0 Å². The molecular formula is C8H17N3O5S2. The molecule has 4 N–H and O–H groups in total. The van der Waals surface area contributed by atoms with Gasteiger partial charge >= 0.3 is 5.97 Å². The van der Waals surface area contributed by atoms with Gasteiger partial charge in [-0.2, -0.15) is 8.42 Å². The Hall–Kier alpha value is -1.00. The molecule has 0 radical (unpaired) electrons. The minimum atomic E-state index is -3.97. The van der Waals surface area contributed by atoms with Crippen LogP contribution >= 0.6 is 11.9 Å². The monoisotopic (exact) mass is 299 g/mol. The first-order valence-corrected chi connectivity index (χ1v) is 7.62. The third-order valence-electron chi connectivity index (χ3n) is 1.70. The predicted octanol–water partition coefficient (Wildman–Crippen LogP) is -0.449. The van der Waals surface area contributed by atoms with Gasteiger partial charge in [-0.1, -0.05) is 0 Å². The molecule has 0 aliphatic heterocycles. The Kier molecular flexibility index (Phi) is 7.71. The first kappa shape index (κ1) is 17.0. The van der Waals surface area contributed by atoms with Crippen LogP contribution in [-0.2, 0) is 14.9 Å². The summed E-state index contributed by atoms with van der Waals surface area (Å²) in [6.07, 6.45) is -0.0591. The zero-order chi connectivity index (χ0) is 14.2. The van der Waals surface area contributed by atoms with Crippen molar-refractivity contribution in [3.05, 3.63) is 0 Å². The first-order valence-electron chi connectivity index (χ1n) is 5.02. The zero-order valence-corrected chi connectivity index (χ0v) is 11.7. The molecule has 1 atom stereocenters. The molecule has 0 aromatic carbocycles. The van der Waals surface area contributed by atoms with Crippen molar-refractivity contribution >= 4 is 34.0 Å². The van der Waals surface area contributed by atoms with E-state index in [2.05, 4.69) is 15.0 Å². The van der Waals surface area contributed by atoms with Crippen molar-refractivity contribution in [1.82, 2.24) is 10.0 Å². The van der Waals surface area contributed by atoms with E-state index in [1.54, 1.807) is 6.92 Å². The van der Waals surface area contributed by atoms with Crippen LogP contribution in [0.25, 0.3) is 0 Å². The summed E-state index contributed by atoms with van der Waals surface area (Å²) < 4.78 is 32.1. The number of aliphatic carboxylic acids is 1. The van der Waals surface area contributed by atoms with Gasteiger partial charge < -0.3 is 15.1 Å². The summed E-state index contributed by atoms with van der Waals surface area (Å²) in [7, 11) is -2.46. The average Bonchev–Trinajstić information content (AvgIpc) is 2.19. The second-order valence-electron chi connectivity index (χ2n) is 3.45. The highest BCUT2D eigenvalue weighted by molar-refractivity contribution is 7.98. The first-order chi connectivity index (χ1) is 8.24. The van der Waals surface area contributed by atoms with Crippen LogP contribution in [0.4, 0.5) is 0 Å². The van der Waals surface area contributed by atoms with Gasteiger partial charge in [-0.05, 0) is 18.9 Å². The summed E-state index contributed by atoms with van der Waals surface area (Å²) >= 11 is 1.04. The van der Waals surface area contributed by atoms with Crippen molar-refractivity contribution in [3.63, 3.8) is 0 Å². The molecule has 1 unspecified atom stereocenters.